The van der Waals surface area contributed by atoms with Crippen LogP contribution in [0.5, 0.6) is 0 Å². The monoisotopic (exact) mass is 291 g/mol. The van der Waals surface area contributed by atoms with E-state index in [-0.39, 0.29) is 17.3 Å². The zero-order valence-corrected chi connectivity index (χ0v) is 12.3. The summed E-state index contributed by atoms with van der Waals surface area (Å²) in [6.07, 6.45) is -0.863. The molecule has 9 nitrogen and oxygen atoms in total. The molecule has 9 heteroatoms. The number of nitrogens with zero attached hydrogens (tertiary/aromatic N) is 3. The quantitative estimate of drug-likeness (QED) is 0.234. The smallest absolute Gasteiger partial charge is 0.332 e. The Morgan fingerprint density at radius 1 is 1.40 bits per heavy atom. The number of ether oxygens (including phenoxy) is 1. The van der Waals surface area contributed by atoms with E-state index in [0.29, 0.717) is 0 Å². The molecule has 0 fully saturated rings. The summed E-state index contributed by atoms with van der Waals surface area (Å²) < 4.78 is 4.73. The van der Waals surface area contributed by atoms with Gasteiger partial charge >= 0.3 is 11.9 Å². The first kappa shape index (κ1) is 17.9. The lowest BCUT2D eigenvalue weighted by molar-refractivity contribution is -0.713. The molecule has 0 radical (unpaired) electrons. The predicted molar refractivity (Wildman–Crippen MR) is 67.0 cm³/mol. The van der Waals surface area contributed by atoms with Gasteiger partial charge < -0.3 is 15.1 Å². The Balaban J connectivity index is 4.63. The van der Waals surface area contributed by atoms with Gasteiger partial charge in [0.1, 0.15) is 0 Å². The normalized spacial score (nSPS) is 14.6. The van der Waals surface area contributed by atoms with Crippen LogP contribution in [0, 0.1) is 11.1 Å². The maximum atomic E-state index is 11.6. The number of hydrogen-bond donors (Lipinski definition) is 1. The molecule has 0 heterocycles. The average molecular weight is 291 g/mol. The Kier molecular flexibility index (Phi) is 7.34. The number of aliphatic carboxylic acids is 1. The molecule has 0 aliphatic heterocycles. The molecule has 0 amide bonds. The number of hydrogen-bond acceptors (Lipinski definition) is 6. The second kappa shape index (κ2) is 8.18. The van der Waals surface area contributed by atoms with Gasteiger partial charge in [-0.3, -0.25) is 9.63 Å². The van der Waals surface area contributed by atoms with Gasteiger partial charge in [-0.25, -0.2) is 4.79 Å². The lowest BCUT2D eigenvalue weighted by Gasteiger charge is -2.23. The molecule has 0 spiro atoms. The van der Waals surface area contributed by atoms with Gasteiger partial charge in [-0.05, 0) is 5.92 Å². The first-order chi connectivity index (χ1) is 9.20. The van der Waals surface area contributed by atoms with Crippen molar-refractivity contribution >= 4 is 11.9 Å². The molecule has 0 bridgehead atoms. The van der Waals surface area contributed by atoms with E-state index in [1.54, 1.807) is 20.8 Å². The van der Waals surface area contributed by atoms with Crippen molar-refractivity contribution in [3.63, 3.8) is 0 Å². The van der Waals surface area contributed by atoms with Crippen LogP contribution in [0.3, 0.4) is 0 Å². The summed E-state index contributed by atoms with van der Waals surface area (Å²) in [6, 6.07) is -1.05. The number of rotatable bonds is 8. The largest absolute Gasteiger partial charge is 0.569 e. The maximum Gasteiger partial charge on any atom is 0.332 e. The van der Waals surface area contributed by atoms with Crippen molar-refractivity contribution in [2.45, 2.75) is 46.4 Å². The van der Waals surface area contributed by atoms with Crippen molar-refractivity contribution in [3.8, 4) is 0 Å². The number of esters is 1. The van der Waals surface area contributed by atoms with Gasteiger partial charge in [0, 0.05) is 13.3 Å². The van der Waals surface area contributed by atoms with Gasteiger partial charge in [0.15, 0.2) is 6.04 Å². The van der Waals surface area contributed by atoms with E-state index in [2.05, 4.69) is 10.1 Å². The van der Waals surface area contributed by atoms with E-state index in [1.807, 2.05) is 0 Å². The maximum absolute atomic E-state index is 11.6. The fraction of sp³-hybridized carbons (Fsp3) is 0.818. The van der Waals surface area contributed by atoms with E-state index in [4.69, 9.17) is 9.84 Å². The van der Waals surface area contributed by atoms with Crippen molar-refractivity contribution < 1.29 is 29.2 Å². The molecule has 0 saturated carbocycles. The van der Waals surface area contributed by atoms with Crippen LogP contribution in [0.15, 0.2) is 5.28 Å². The van der Waals surface area contributed by atoms with E-state index >= 15 is 0 Å². The van der Waals surface area contributed by atoms with Crippen molar-refractivity contribution in [1.82, 2.24) is 5.01 Å². The van der Waals surface area contributed by atoms with E-state index in [9.17, 15) is 14.8 Å². The molecule has 0 rings (SSSR count). The van der Waals surface area contributed by atoms with Crippen molar-refractivity contribution in [3.05, 3.63) is 5.21 Å². The van der Waals surface area contributed by atoms with Crippen LogP contribution in [0.2, 0.25) is 0 Å². The van der Waals surface area contributed by atoms with E-state index < -0.39 is 24.3 Å². The number of carbonyl (C=O) groups is 2. The summed E-state index contributed by atoms with van der Waals surface area (Å²) in [5, 5.41) is 24.7. The molecule has 0 aliphatic rings. The summed E-state index contributed by atoms with van der Waals surface area (Å²) in [7, 11) is 1.28. The van der Waals surface area contributed by atoms with Crippen molar-refractivity contribution in [2.75, 3.05) is 7.05 Å². The highest BCUT2D eigenvalue weighted by Crippen LogP contribution is 2.10. The van der Waals surface area contributed by atoms with Gasteiger partial charge in [0.2, 0.25) is 5.28 Å². The summed E-state index contributed by atoms with van der Waals surface area (Å²) in [5.41, 5.74) is 0. The Morgan fingerprint density at radius 3 is 2.35 bits per heavy atom. The molecule has 0 saturated heterocycles. The third kappa shape index (κ3) is 5.72. The van der Waals surface area contributed by atoms with Crippen LogP contribution >= 0.6 is 0 Å². The second-order valence-electron chi connectivity index (χ2n) is 4.45. The first-order valence-corrected chi connectivity index (χ1v) is 6.19. The van der Waals surface area contributed by atoms with Crippen LogP contribution in [0.25, 0.3) is 0 Å². The fourth-order valence-corrected chi connectivity index (χ4v) is 1.44. The standard InChI is InChI=1S/C11H21N3O6/c1-6-9(15)19-8(4)20-12-14(18)13(5)10(7(2)3)11(16)17/h7-8,10H,6H2,1-5H3,(H,16,17)/b14-12-/t8?,10-/m0/s1. The van der Waals surface area contributed by atoms with Crippen LogP contribution in [0.4, 0.5) is 0 Å². The highest BCUT2D eigenvalue weighted by molar-refractivity contribution is 5.73. The molecule has 0 aromatic carbocycles. The van der Waals surface area contributed by atoms with Crippen molar-refractivity contribution in [1.29, 1.82) is 0 Å². The summed E-state index contributed by atoms with van der Waals surface area (Å²) in [4.78, 5) is 26.7. The van der Waals surface area contributed by atoms with Gasteiger partial charge in [0.25, 0.3) is 6.29 Å². The molecule has 1 N–H and O–H groups in total. The third-order valence-electron chi connectivity index (χ3n) is 2.41. The molecule has 20 heavy (non-hydrogen) atoms. The molecular formula is C11H21N3O6. The minimum absolute atomic E-state index is 0.00900. The van der Waals surface area contributed by atoms with Crippen LogP contribution < -0.4 is 0 Å². The second-order valence-corrected chi connectivity index (χ2v) is 4.45. The minimum Gasteiger partial charge on any atom is -0.569 e. The number of carboxylic acids is 1. The zero-order chi connectivity index (χ0) is 15.9. The van der Waals surface area contributed by atoms with Gasteiger partial charge in [0.05, 0.1) is 12.0 Å². The topological polar surface area (TPSA) is 114 Å². The molecule has 2 atom stereocenters. The number of likely N-dealkylation sites (N-methyl/N-ethyl adjacent to an activating group) is 1. The highest BCUT2D eigenvalue weighted by atomic mass is 16.8. The number of hydrazine groups is 1. The Morgan fingerprint density at radius 2 is 1.95 bits per heavy atom. The van der Waals surface area contributed by atoms with Gasteiger partial charge in [-0.15, -0.1) is 5.01 Å². The average Bonchev–Trinajstić information content (AvgIpc) is 2.34. The van der Waals surface area contributed by atoms with Gasteiger partial charge in [-0.2, -0.15) is 0 Å². The Labute approximate surface area is 117 Å². The lowest BCUT2D eigenvalue weighted by Crippen LogP contribution is -2.45. The van der Waals surface area contributed by atoms with Crippen molar-refractivity contribution in [2.24, 2.45) is 11.2 Å². The minimum atomic E-state index is -1.15. The SMILES string of the molecule is CCC(=O)OC(C)O/N=[N+](\[O-])N(C)[C@H](C(=O)O)C(C)C. The molecule has 0 aromatic rings. The highest BCUT2D eigenvalue weighted by Gasteiger charge is 2.32. The molecule has 116 valence electrons. The van der Waals surface area contributed by atoms with E-state index in [0.717, 1.165) is 5.01 Å². The summed E-state index contributed by atoms with van der Waals surface area (Å²) >= 11 is 0. The Bertz CT molecular complexity index is 371. The summed E-state index contributed by atoms with van der Waals surface area (Å²) in [6.45, 7) is 6.33. The molecule has 0 aliphatic carbocycles. The lowest BCUT2D eigenvalue weighted by atomic mass is 10.1. The third-order valence-corrected chi connectivity index (χ3v) is 2.41. The fourth-order valence-electron chi connectivity index (χ4n) is 1.44. The Hall–Kier alpha value is -2.06. The van der Waals surface area contributed by atoms with Crippen LogP contribution in [-0.2, 0) is 19.2 Å². The van der Waals surface area contributed by atoms with Crippen LogP contribution in [-0.4, -0.2) is 46.4 Å². The molecule has 0 aromatic heterocycles. The first-order valence-electron chi connectivity index (χ1n) is 6.19. The molecular weight excluding hydrogens is 270 g/mol. The zero-order valence-electron chi connectivity index (χ0n) is 12.3. The van der Waals surface area contributed by atoms with Gasteiger partial charge in [-0.1, -0.05) is 20.8 Å². The molecule has 1 unspecified atom stereocenters. The predicted octanol–water partition coefficient (Wildman–Crippen LogP) is 1.14. The number of carbonyl (C=O) groups excluding carboxylic acids is 1. The number of carboxylic acid groups (broad SMARTS) is 1. The van der Waals surface area contributed by atoms with Crippen LogP contribution in [0.1, 0.15) is 34.1 Å². The summed E-state index contributed by atoms with van der Waals surface area (Å²) in [5.74, 6) is -1.95. The van der Waals surface area contributed by atoms with E-state index in [1.165, 1.54) is 14.0 Å².